The molecule has 144 valence electrons. The summed E-state index contributed by atoms with van der Waals surface area (Å²) in [5, 5.41) is 4.83. The van der Waals surface area contributed by atoms with Crippen molar-refractivity contribution in [1.82, 2.24) is 15.0 Å². The first-order chi connectivity index (χ1) is 13.5. The van der Waals surface area contributed by atoms with Crippen molar-refractivity contribution in [3.05, 3.63) is 76.3 Å². The van der Waals surface area contributed by atoms with E-state index in [1.807, 2.05) is 69.3 Å². The Kier molecular flexibility index (Phi) is 6.71. The van der Waals surface area contributed by atoms with Gasteiger partial charge in [-0.2, -0.15) is 0 Å². The Bertz CT molecular complexity index is 968. The molecule has 0 radical (unpaired) electrons. The van der Waals surface area contributed by atoms with Crippen molar-refractivity contribution in [2.75, 3.05) is 6.61 Å². The minimum atomic E-state index is 0.517. The summed E-state index contributed by atoms with van der Waals surface area (Å²) in [4.78, 5) is 19.1. The van der Waals surface area contributed by atoms with E-state index >= 15 is 0 Å². The van der Waals surface area contributed by atoms with Crippen LogP contribution in [0.1, 0.15) is 36.1 Å². The van der Waals surface area contributed by atoms with Crippen LogP contribution in [-0.4, -0.2) is 27.3 Å². The molecule has 3 aromatic rings. The third kappa shape index (κ3) is 5.60. The molecule has 0 N–H and O–H groups in total. The molecule has 3 rings (SSSR count). The molecule has 0 amide bonds. The van der Waals surface area contributed by atoms with Gasteiger partial charge in [-0.15, -0.1) is 0 Å². The molecular formula is C22H23ClN4O. The lowest BCUT2D eigenvalue weighted by Crippen LogP contribution is -2.02. The maximum Gasteiger partial charge on any atom is 0.117 e. The predicted molar refractivity (Wildman–Crippen MR) is 113 cm³/mol. The smallest absolute Gasteiger partial charge is 0.117 e. The number of aryl methyl sites for hydroxylation is 3. The van der Waals surface area contributed by atoms with E-state index in [1.54, 1.807) is 0 Å². The topological polar surface area (TPSA) is 60.3 Å². The van der Waals surface area contributed by atoms with Gasteiger partial charge in [-0.3, -0.25) is 15.0 Å². The van der Waals surface area contributed by atoms with Crippen LogP contribution in [0.5, 0.6) is 0 Å². The van der Waals surface area contributed by atoms with E-state index in [0.29, 0.717) is 11.6 Å². The molecule has 0 aromatic carbocycles. The molecule has 0 saturated carbocycles. The standard InChI is InChI=1S/C22H23ClN4O/c1-15-7-4-10-20(24-15)17(3)27-28-12-6-9-19-8-5-11-21(26-19)22-14-18(23)13-16(2)25-22/h4-5,7-8,10-11,13-14H,6,9,12H2,1-3H3. The first-order valence-electron chi connectivity index (χ1n) is 9.22. The van der Waals surface area contributed by atoms with Crippen molar-refractivity contribution in [1.29, 1.82) is 0 Å². The Morgan fingerprint density at radius 2 is 1.79 bits per heavy atom. The van der Waals surface area contributed by atoms with Crippen molar-refractivity contribution in [3.8, 4) is 11.4 Å². The summed E-state index contributed by atoms with van der Waals surface area (Å²) in [6, 6.07) is 15.5. The summed E-state index contributed by atoms with van der Waals surface area (Å²) in [5.74, 6) is 0. The van der Waals surface area contributed by atoms with Crippen molar-refractivity contribution >= 4 is 17.3 Å². The molecule has 6 heteroatoms. The fourth-order valence-electron chi connectivity index (χ4n) is 2.77. The van der Waals surface area contributed by atoms with Crippen LogP contribution in [0, 0.1) is 13.8 Å². The van der Waals surface area contributed by atoms with Gasteiger partial charge < -0.3 is 4.84 Å². The normalized spacial score (nSPS) is 11.5. The highest BCUT2D eigenvalue weighted by Crippen LogP contribution is 2.20. The van der Waals surface area contributed by atoms with E-state index < -0.39 is 0 Å². The van der Waals surface area contributed by atoms with Gasteiger partial charge in [0, 0.05) is 22.1 Å². The lowest BCUT2D eigenvalue weighted by Gasteiger charge is -2.06. The van der Waals surface area contributed by atoms with E-state index in [2.05, 4.69) is 15.1 Å². The van der Waals surface area contributed by atoms with E-state index in [1.165, 1.54) is 0 Å². The fraction of sp³-hybridized carbons (Fsp3) is 0.273. The summed E-state index contributed by atoms with van der Waals surface area (Å²) < 4.78 is 0. The van der Waals surface area contributed by atoms with Gasteiger partial charge in [0.05, 0.1) is 17.1 Å². The highest BCUT2D eigenvalue weighted by atomic mass is 35.5. The van der Waals surface area contributed by atoms with Gasteiger partial charge >= 0.3 is 0 Å². The van der Waals surface area contributed by atoms with Crippen molar-refractivity contribution in [2.45, 2.75) is 33.6 Å². The second kappa shape index (κ2) is 9.42. The number of aromatic nitrogens is 3. The van der Waals surface area contributed by atoms with Crippen LogP contribution < -0.4 is 0 Å². The van der Waals surface area contributed by atoms with Gasteiger partial charge in [-0.1, -0.05) is 28.9 Å². The number of nitrogens with zero attached hydrogens (tertiary/aromatic N) is 4. The number of hydrogen-bond acceptors (Lipinski definition) is 5. The molecule has 0 fully saturated rings. The molecule has 0 aliphatic rings. The minimum absolute atomic E-state index is 0.517. The second-order valence-corrected chi connectivity index (χ2v) is 7.04. The van der Waals surface area contributed by atoms with Gasteiger partial charge in [0.2, 0.25) is 0 Å². The molecule has 0 spiro atoms. The van der Waals surface area contributed by atoms with Crippen LogP contribution in [-0.2, 0) is 11.3 Å². The number of hydrogen-bond donors (Lipinski definition) is 0. The van der Waals surface area contributed by atoms with Gasteiger partial charge in [-0.05, 0) is 70.0 Å². The van der Waals surface area contributed by atoms with Crippen LogP contribution in [0.3, 0.4) is 0 Å². The van der Waals surface area contributed by atoms with Crippen LogP contribution in [0.25, 0.3) is 11.4 Å². The fourth-order valence-corrected chi connectivity index (χ4v) is 3.03. The first-order valence-corrected chi connectivity index (χ1v) is 9.60. The summed E-state index contributed by atoms with van der Waals surface area (Å²) in [7, 11) is 0. The van der Waals surface area contributed by atoms with E-state index in [9.17, 15) is 0 Å². The lowest BCUT2D eigenvalue weighted by molar-refractivity contribution is 0.141. The Balaban J connectivity index is 1.55. The molecule has 0 atom stereocenters. The molecule has 0 bridgehead atoms. The largest absolute Gasteiger partial charge is 0.396 e. The van der Waals surface area contributed by atoms with Crippen molar-refractivity contribution in [2.24, 2.45) is 5.16 Å². The Hall–Kier alpha value is -2.79. The number of halogens is 1. The zero-order valence-electron chi connectivity index (χ0n) is 16.3. The summed E-state index contributed by atoms with van der Waals surface area (Å²) >= 11 is 6.14. The summed E-state index contributed by atoms with van der Waals surface area (Å²) in [6.07, 6.45) is 1.61. The van der Waals surface area contributed by atoms with Gasteiger partial charge in [0.15, 0.2) is 0 Å². The average molecular weight is 395 g/mol. The molecule has 3 heterocycles. The average Bonchev–Trinajstić information content (AvgIpc) is 2.67. The van der Waals surface area contributed by atoms with E-state index in [-0.39, 0.29) is 0 Å². The van der Waals surface area contributed by atoms with Crippen LogP contribution in [0.15, 0.2) is 53.7 Å². The molecule has 0 saturated heterocycles. The quantitative estimate of drug-likeness (QED) is 0.314. The van der Waals surface area contributed by atoms with Crippen molar-refractivity contribution < 1.29 is 4.84 Å². The molecule has 0 aliphatic carbocycles. The van der Waals surface area contributed by atoms with E-state index in [4.69, 9.17) is 21.4 Å². The molecule has 3 aromatic heterocycles. The summed E-state index contributed by atoms with van der Waals surface area (Å²) in [6.45, 7) is 6.29. The number of pyridine rings is 3. The SMILES string of the molecule is CC(=NOCCCc1cccc(-c2cc(Cl)cc(C)n2)n1)c1cccc(C)n1. The van der Waals surface area contributed by atoms with Crippen LogP contribution in [0.4, 0.5) is 0 Å². The summed E-state index contributed by atoms with van der Waals surface area (Å²) in [5.41, 5.74) is 6.03. The van der Waals surface area contributed by atoms with Gasteiger partial charge in [0.25, 0.3) is 0 Å². The van der Waals surface area contributed by atoms with Crippen LogP contribution in [0.2, 0.25) is 5.02 Å². The van der Waals surface area contributed by atoms with E-state index in [0.717, 1.165) is 52.7 Å². The molecular weight excluding hydrogens is 372 g/mol. The number of oxime groups is 1. The minimum Gasteiger partial charge on any atom is -0.396 e. The zero-order valence-corrected chi connectivity index (χ0v) is 17.1. The molecule has 5 nitrogen and oxygen atoms in total. The van der Waals surface area contributed by atoms with Crippen molar-refractivity contribution in [3.63, 3.8) is 0 Å². The monoisotopic (exact) mass is 394 g/mol. The third-order valence-electron chi connectivity index (χ3n) is 4.12. The second-order valence-electron chi connectivity index (χ2n) is 6.60. The third-order valence-corrected chi connectivity index (χ3v) is 4.33. The Morgan fingerprint density at radius 1 is 0.964 bits per heavy atom. The Morgan fingerprint density at radius 3 is 2.57 bits per heavy atom. The first kappa shape index (κ1) is 20.0. The predicted octanol–water partition coefficient (Wildman–Crippen LogP) is 5.18. The number of rotatable bonds is 7. The van der Waals surface area contributed by atoms with Crippen LogP contribution >= 0.6 is 11.6 Å². The highest BCUT2D eigenvalue weighted by molar-refractivity contribution is 6.30. The lowest BCUT2D eigenvalue weighted by atomic mass is 10.2. The molecule has 0 aliphatic heterocycles. The molecule has 28 heavy (non-hydrogen) atoms. The maximum atomic E-state index is 6.14. The molecule has 0 unspecified atom stereocenters. The van der Waals surface area contributed by atoms with Gasteiger partial charge in [-0.25, -0.2) is 0 Å². The maximum absolute atomic E-state index is 6.14. The highest BCUT2D eigenvalue weighted by Gasteiger charge is 2.05. The van der Waals surface area contributed by atoms with Gasteiger partial charge in [0.1, 0.15) is 12.3 Å². The Labute approximate surface area is 170 Å². The zero-order chi connectivity index (χ0) is 19.9.